The number of aromatic amines is 1. The molecule has 2 aromatic rings. The third-order valence-corrected chi connectivity index (χ3v) is 5.64. The number of sulfone groups is 1. The minimum Gasteiger partial charge on any atom is -0.361 e. The predicted octanol–water partition coefficient (Wildman–Crippen LogP) is 1.32. The first kappa shape index (κ1) is 14.1. The molecule has 1 saturated heterocycles. The summed E-state index contributed by atoms with van der Waals surface area (Å²) in [6, 6.07) is 5.82. The molecule has 0 aliphatic carbocycles. The van der Waals surface area contributed by atoms with Gasteiger partial charge < -0.3 is 10.3 Å². The van der Waals surface area contributed by atoms with Crippen LogP contribution in [0.4, 0.5) is 0 Å². The van der Waals surface area contributed by atoms with E-state index in [4.69, 9.17) is 0 Å². The van der Waals surface area contributed by atoms with E-state index in [1.807, 2.05) is 31.3 Å². The standard InChI is InChI=1S/C15H18N2O3S/c1-10-2-3-13-11(8-16-14(13)6-10)7-15(18)17-12-4-5-21(19,20)9-12/h2-3,6,8,12,16H,4-5,7,9H2,1H3,(H,17,18). The molecule has 112 valence electrons. The molecule has 0 saturated carbocycles. The highest BCUT2D eigenvalue weighted by Crippen LogP contribution is 2.20. The first-order valence-corrected chi connectivity index (χ1v) is 8.81. The van der Waals surface area contributed by atoms with Crippen molar-refractivity contribution in [1.82, 2.24) is 10.3 Å². The molecule has 1 amide bonds. The molecule has 1 aliphatic rings. The molecule has 2 heterocycles. The summed E-state index contributed by atoms with van der Waals surface area (Å²) in [5, 5.41) is 3.85. The zero-order valence-electron chi connectivity index (χ0n) is 11.8. The van der Waals surface area contributed by atoms with Gasteiger partial charge in [-0.25, -0.2) is 8.42 Å². The number of aryl methyl sites for hydroxylation is 1. The molecule has 0 bridgehead atoms. The van der Waals surface area contributed by atoms with E-state index in [1.54, 1.807) is 0 Å². The van der Waals surface area contributed by atoms with Crippen LogP contribution in [0.2, 0.25) is 0 Å². The highest BCUT2D eigenvalue weighted by atomic mass is 32.2. The summed E-state index contributed by atoms with van der Waals surface area (Å²) in [5.41, 5.74) is 3.11. The first-order chi connectivity index (χ1) is 9.93. The average molecular weight is 306 g/mol. The Morgan fingerprint density at radius 3 is 2.95 bits per heavy atom. The van der Waals surface area contributed by atoms with Crippen molar-refractivity contribution in [1.29, 1.82) is 0 Å². The van der Waals surface area contributed by atoms with Gasteiger partial charge in [-0.1, -0.05) is 12.1 Å². The Morgan fingerprint density at radius 1 is 1.43 bits per heavy atom. The summed E-state index contributed by atoms with van der Waals surface area (Å²) >= 11 is 0. The van der Waals surface area contributed by atoms with Crippen LogP contribution >= 0.6 is 0 Å². The first-order valence-electron chi connectivity index (χ1n) is 6.99. The van der Waals surface area contributed by atoms with Gasteiger partial charge in [-0.2, -0.15) is 0 Å². The van der Waals surface area contributed by atoms with Crippen molar-refractivity contribution < 1.29 is 13.2 Å². The van der Waals surface area contributed by atoms with Crippen molar-refractivity contribution in [3.8, 4) is 0 Å². The Kier molecular flexibility index (Phi) is 3.49. The number of rotatable bonds is 3. The van der Waals surface area contributed by atoms with E-state index >= 15 is 0 Å². The van der Waals surface area contributed by atoms with Crippen LogP contribution in [-0.2, 0) is 21.1 Å². The number of carbonyl (C=O) groups is 1. The maximum Gasteiger partial charge on any atom is 0.224 e. The number of hydrogen-bond donors (Lipinski definition) is 2. The van der Waals surface area contributed by atoms with Crippen molar-refractivity contribution in [2.24, 2.45) is 0 Å². The number of H-pyrrole nitrogens is 1. The maximum absolute atomic E-state index is 12.1. The van der Waals surface area contributed by atoms with Crippen LogP contribution in [0.1, 0.15) is 17.5 Å². The molecule has 2 N–H and O–H groups in total. The predicted molar refractivity (Wildman–Crippen MR) is 81.9 cm³/mol. The van der Waals surface area contributed by atoms with Gasteiger partial charge in [0.1, 0.15) is 0 Å². The van der Waals surface area contributed by atoms with Crippen LogP contribution in [0.15, 0.2) is 24.4 Å². The third-order valence-electron chi connectivity index (χ3n) is 3.87. The lowest BCUT2D eigenvalue weighted by atomic mass is 10.1. The van der Waals surface area contributed by atoms with Gasteiger partial charge in [0.2, 0.25) is 5.91 Å². The minimum atomic E-state index is -2.96. The molecule has 3 rings (SSSR count). The van der Waals surface area contributed by atoms with Crippen LogP contribution in [0.5, 0.6) is 0 Å². The second-order valence-electron chi connectivity index (χ2n) is 5.71. The van der Waals surface area contributed by atoms with Crippen molar-refractivity contribution in [3.05, 3.63) is 35.5 Å². The molecule has 1 aromatic carbocycles. The normalized spacial score (nSPS) is 20.7. The van der Waals surface area contributed by atoms with Crippen molar-refractivity contribution in [3.63, 3.8) is 0 Å². The van der Waals surface area contributed by atoms with Crippen LogP contribution in [-0.4, -0.2) is 36.9 Å². The van der Waals surface area contributed by atoms with E-state index in [9.17, 15) is 13.2 Å². The zero-order valence-corrected chi connectivity index (χ0v) is 12.7. The van der Waals surface area contributed by atoms with Gasteiger partial charge in [-0.05, 0) is 30.5 Å². The molecule has 6 heteroatoms. The van der Waals surface area contributed by atoms with Crippen molar-refractivity contribution >= 4 is 26.6 Å². The Hall–Kier alpha value is -1.82. The largest absolute Gasteiger partial charge is 0.361 e. The maximum atomic E-state index is 12.1. The van der Waals surface area contributed by atoms with E-state index in [1.165, 1.54) is 0 Å². The summed E-state index contributed by atoms with van der Waals surface area (Å²) in [7, 11) is -2.96. The molecule has 1 atom stereocenters. The van der Waals surface area contributed by atoms with Crippen molar-refractivity contribution in [2.45, 2.75) is 25.8 Å². The molecular formula is C15H18N2O3S. The number of hydrogen-bond acceptors (Lipinski definition) is 3. The summed E-state index contributed by atoms with van der Waals surface area (Å²) in [6.45, 7) is 2.02. The number of aromatic nitrogens is 1. The quantitative estimate of drug-likeness (QED) is 0.897. The summed E-state index contributed by atoms with van der Waals surface area (Å²) < 4.78 is 22.8. The molecule has 5 nitrogen and oxygen atoms in total. The smallest absolute Gasteiger partial charge is 0.224 e. The van der Waals surface area contributed by atoms with Gasteiger partial charge in [-0.3, -0.25) is 4.79 Å². The number of amides is 1. The lowest BCUT2D eigenvalue weighted by Crippen LogP contribution is -2.36. The van der Waals surface area contributed by atoms with E-state index in [0.29, 0.717) is 6.42 Å². The van der Waals surface area contributed by atoms with Crippen LogP contribution in [0.25, 0.3) is 10.9 Å². The fraction of sp³-hybridized carbons (Fsp3) is 0.400. The Balaban J connectivity index is 1.69. The lowest BCUT2D eigenvalue weighted by molar-refractivity contribution is -0.120. The number of benzene rings is 1. The molecular weight excluding hydrogens is 288 g/mol. The molecule has 1 aliphatic heterocycles. The SMILES string of the molecule is Cc1ccc2c(CC(=O)NC3CCS(=O)(=O)C3)c[nH]c2c1. The van der Waals surface area contributed by atoms with Crippen LogP contribution in [0.3, 0.4) is 0 Å². The summed E-state index contributed by atoms with van der Waals surface area (Å²) in [5.74, 6) is 0.106. The van der Waals surface area contributed by atoms with E-state index < -0.39 is 9.84 Å². The molecule has 0 radical (unpaired) electrons. The van der Waals surface area contributed by atoms with Gasteiger partial charge in [0, 0.05) is 23.1 Å². The summed E-state index contributed by atoms with van der Waals surface area (Å²) in [6.07, 6.45) is 2.62. The fourth-order valence-corrected chi connectivity index (χ4v) is 4.48. The minimum absolute atomic E-state index is 0.0613. The van der Waals surface area contributed by atoms with Gasteiger partial charge in [0.15, 0.2) is 9.84 Å². The van der Waals surface area contributed by atoms with E-state index in [-0.39, 0.29) is 29.9 Å². The lowest BCUT2D eigenvalue weighted by Gasteiger charge is -2.10. The third kappa shape index (κ3) is 3.10. The fourth-order valence-electron chi connectivity index (χ4n) is 2.81. The molecule has 1 aromatic heterocycles. The van der Waals surface area contributed by atoms with E-state index in [0.717, 1.165) is 22.0 Å². The topological polar surface area (TPSA) is 79.0 Å². The van der Waals surface area contributed by atoms with Gasteiger partial charge in [0.05, 0.1) is 17.9 Å². The van der Waals surface area contributed by atoms with E-state index in [2.05, 4.69) is 10.3 Å². The molecule has 21 heavy (non-hydrogen) atoms. The average Bonchev–Trinajstić information content (AvgIpc) is 2.93. The van der Waals surface area contributed by atoms with Crippen LogP contribution in [0, 0.1) is 6.92 Å². The number of fused-ring (bicyclic) bond motifs is 1. The second kappa shape index (κ2) is 5.18. The monoisotopic (exact) mass is 306 g/mol. The number of nitrogens with one attached hydrogen (secondary N) is 2. The van der Waals surface area contributed by atoms with Gasteiger partial charge in [-0.15, -0.1) is 0 Å². The highest BCUT2D eigenvalue weighted by Gasteiger charge is 2.28. The molecule has 0 spiro atoms. The second-order valence-corrected chi connectivity index (χ2v) is 7.94. The summed E-state index contributed by atoms with van der Waals surface area (Å²) in [4.78, 5) is 15.2. The van der Waals surface area contributed by atoms with Gasteiger partial charge in [0.25, 0.3) is 0 Å². The van der Waals surface area contributed by atoms with Crippen molar-refractivity contribution in [2.75, 3.05) is 11.5 Å². The number of carbonyl (C=O) groups excluding carboxylic acids is 1. The Morgan fingerprint density at radius 2 is 2.24 bits per heavy atom. The zero-order chi connectivity index (χ0) is 15.0. The molecule has 1 unspecified atom stereocenters. The Labute approximate surface area is 123 Å². The van der Waals surface area contributed by atoms with Gasteiger partial charge >= 0.3 is 0 Å². The van der Waals surface area contributed by atoms with Crippen LogP contribution < -0.4 is 5.32 Å². The molecule has 1 fully saturated rings. The Bertz CT molecular complexity index is 792. The highest BCUT2D eigenvalue weighted by molar-refractivity contribution is 7.91.